The van der Waals surface area contributed by atoms with Crippen molar-refractivity contribution in [3.63, 3.8) is 0 Å². The number of benzene rings is 1. The molecule has 1 unspecified atom stereocenters. The third kappa shape index (κ3) is 3.07. The van der Waals surface area contributed by atoms with Crippen LogP contribution in [0.25, 0.3) is 0 Å². The van der Waals surface area contributed by atoms with Crippen molar-refractivity contribution in [3.8, 4) is 0 Å². The van der Waals surface area contributed by atoms with Crippen molar-refractivity contribution < 1.29 is 9.53 Å². The van der Waals surface area contributed by atoms with Gasteiger partial charge in [0, 0.05) is 21.4 Å². The van der Waals surface area contributed by atoms with E-state index in [2.05, 4.69) is 31.9 Å². The maximum atomic E-state index is 12.5. The number of nitrogens with zero attached hydrogens (tertiary/aromatic N) is 1. The summed E-state index contributed by atoms with van der Waals surface area (Å²) >= 11 is 12.7. The molecule has 0 bridgehead atoms. The molecule has 1 fully saturated rings. The van der Waals surface area contributed by atoms with Crippen molar-refractivity contribution in [1.82, 2.24) is 4.90 Å². The van der Waals surface area contributed by atoms with Crippen LogP contribution in [0.3, 0.4) is 0 Å². The van der Waals surface area contributed by atoms with Gasteiger partial charge in [-0.15, -0.1) is 0 Å². The van der Waals surface area contributed by atoms with E-state index >= 15 is 0 Å². The van der Waals surface area contributed by atoms with Gasteiger partial charge in [-0.1, -0.05) is 27.5 Å². The molecule has 2 rings (SSSR count). The van der Waals surface area contributed by atoms with Gasteiger partial charge >= 0.3 is 0 Å². The molecule has 18 heavy (non-hydrogen) atoms. The fourth-order valence-electron chi connectivity index (χ4n) is 1.87. The lowest BCUT2D eigenvalue weighted by molar-refractivity contribution is 0.00519. The van der Waals surface area contributed by atoms with Crippen LogP contribution >= 0.6 is 43.5 Å². The number of ether oxygens (including phenoxy) is 1. The molecule has 1 atom stereocenters. The Bertz CT molecular complexity index is 456. The standard InChI is InChI=1S/C12H12Br2ClNO2/c13-6-9-7-18-4-3-16(9)12(17)10-5-8(15)1-2-11(10)14/h1-2,5,9H,3-4,6-7H2. The van der Waals surface area contributed by atoms with Gasteiger partial charge in [0.15, 0.2) is 0 Å². The Morgan fingerprint density at radius 1 is 1.56 bits per heavy atom. The lowest BCUT2D eigenvalue weighted by Crippen LogP contribution is -2.49. The molecule has 0 N–H and O–H groups in total. The van der Waals surface area contributed by atoms with Crippen LogP contribution in [-0.4, -0.2) is 41.9 Å². The van der Waals surface area contributed by atoms with Crippen molar-refractivity contribution in [2.24, 2.45) is 0 Å². The summed E-state index contributed by atoms with van der Waals surface area (Å²) in [6.45, 7) is 1.75. The fourth-order valence-corrected chi connectivity index (χ4v) is 2.99. The maximum Gasteiger partial charge on any atom is 0.255 e. The van der Waals surface area contributed by atoms with Gasteiger partial charge in [-0.3, -0.25) is 4.79 Å². The Morgan fingerprint density at radius 3 is 3.06 bits per heavy atom. The monoisotopic (exact) mass is 395 g/mol. The minimum atomic E-state index is -0.0166. The van der Waals surface area contributed by atoms with Crippen molar-refractivity contribution >= 4 is 49.4 Å². The van der Waals surface area contributed by atoms with Crippen LogP contribution in [0.15, 0.2) is 22.7 Å². The lowest BCUT2D eigenvalue weighted by Gasteiger charge is -2.34. The van der Waals surface area contributed by atoms with Gasteiger partial charge in [0.25, 0.3) is 5.91 Å². The van der Waals surface area contributed by atoms with Crippen molar-refractivity contribution in [2.75, 3.05) is 25.1 Å². The molecule has 6 heteroatoms. The Morgan fingerprint density at radius 2 is 2.33 bits per heavy atom. The predicted octanol–water partition coefficient (Wildman–Crippen LogP) is 3.34. The van der Waals surface area contributed by atoms with Gasteiger partial charge in [0.2, 0.25) is 0 Å². The highest BCUT2D eigenvalue weighted by Crippen LogP contribution is 2.24. The van der Waals surface area contributed by atoms with E-state index in [0.717, 1.165) is 4.47 Å². The van der Waals surface area contributed by atoms with E-state index in [1.54, 1.807) is 18.2 Å². The molecule has 1 aliphatic rings. The first-order chi connectivity index (χ1) is 8.63. The molecule has 1 aromatic rings. The van der Waals surface area contributed by atoms with Gasteiger partial charge in [0.1, 0.15) is 0 Å². The third-order valence-corrected chi connectivity index (χ3v) is 4.50. The molecule has 1 saturated heterocycles. The van der Waals surface area contributed by atoms with Crippen LogP contribution in [0.2, 0.25) is 5.02 Å². The average Bonchev–Trinajstić information content (AvgIpc) is 2.40. The maximum absolute atomic E-state index is 12.5. The van der Waals surface area contributed by atoms with Crippen molar-refractivity contribution in [3.05, 3.63) is 33.3 Å². The molecule has 0 radical (unpaired) electrons. The van der Waals surface area contributed by atoms with E-state index in [9.17, 15) is 4.79 Å². The highest BCUT2D eigenvalue weighted by Gasteiger charge is 2.28. The normalized spacial score (nSPS) is 19.9. The molecule has 0 spiro atoms. The first-order valence-corrected chi connectivity index (χ1v) is 7.82. The zero-order valence-corrected chi connectivity index (χ0v) is 13.5. The Balaban J connectivity index is 2.26. The average molecular weight is 397 g/mol. The number of rotatable bonds is 2. The third-order valence-electron chi connectivity index (χ3n) is 2.83. The van der Waals surface area contributed by atoms with E-state index in [0.29, 0.717) is 35.7 Å². The van der Waals surface area contributed by atoms with Crippen LogP contribution in [-0.2, 0) is 4.74 Å². The van der Waals surface area contributed by atoms with Crippen molar-refractivity contribution in [2.45, 2.75) is 6.04 Å². The summed E-state index contributed by atoms with van der Waals surface area (Å²) in [7, 11) is 0. The minimum Gasteiger partial charge on any atom is -0.377 e. The number of halogens is 3. The van der Waals surface area contributed by atoms with Gasteiger partial charge in [0.05, 0.1) is 24.8 Å². The lowest BCUT2D eigenvalue weighted by atomic mass is 10.1. The Hall–Kier alpha value is -0.100. The predicted molar refractivity (Wildman–Crippen MR) is 78.6 cm³/mol. The number of morpholine rings is 1. The number of alkyl halides is 1. The summed E-state index contributed by atoms with van der Waals surface area (Å²) in [6.07, 6.45) is 0. The van der Waals surface area contributed by atoms with Gasteiger partial charge in [-0.25, -0.2) is 0 Å². The van der Waals surface area contributed by atoms with Gasteiger partial charge < -0.3 is 9.64 Å². The minimum absolute atomic E-state index is 0.0166. The van der Waals surface area contributed by atoms with Gasteiger partial charge in [-0.05, 0) is 34.1 Å². The molecule has 1 heterocycles. The second kappa shape index (κ2) is 6.37. The largest absolute Gasteiger partial charge is 0.377 e. The van der Waals surface area contributed by atoms with E-state index < -0.39 is 0 Å². The molecule has 0 aromatic heterocycles. The number of hydrogen-bond donors (Lipinski definition) is 0. The Kier molecular flexibility index (Phi) is 5.06. The summed E-state index contributed by atoms with van der Waals surface area (Å²) in [5.41, 5.74) is 0.593. The molecular formula is C12H12Br2ClNO2. The highest BCUT2D eigenvalue weighted by atomic mass is 79.9. The number of carbonyl (C=O) groups is 1. The highest BCUT2D eigenvalue weighted by molar-refractivity contribution is 9.10. The summed E-state index contributed by atoms with van der Waals surface area (Å²) in [4.78, 5) is 14.3. The van der Waals surface area contributed by atoms with Crippen LogP contribution < -0.4 is 0 Å². The van der Waals surface area contributed by atoms with E-state index in [1.165, 1.54) is 0 Å². The molecular weight excluding hydrogens is 385 g/mol. The number of carbonyl (C=O) groups excluding carboxylic acids is 1. The summed E-state index contributed by atoms with van der Waals surface area (Å²) in [5, 5.41) is 1.27. The zero-order valence-electron chi connectivity index (χ0n) is 9.54. The molecule has 1 amide bonds. The summed E-state index contributed by atoms with van der Waals surface area (Å²) in [5.74, 6) is -0.0166. The summed E-state index contributed by atoms with van der Waals surface area (Å²) in [6, 6.07) is 5.30. The van der Waals surface area contributed by atoms with E-state index in [-0.39, 0.29) is 11.9 Å². The molecule has 1 aromatic carbocycles. The van der Waals surface area contributed by atoms with Crippen LogP contribution in [0.5, 0.6) is 0 Å². The van der Waals surface area contributed by atoms with E-state index in [4.69, 9.17) is 16.3 Å². The first kappa shape index (κ1) is 14.3. The quantitative estimate of drug-likeness (QED) is 0.717. The molecule has 1 aliphatic heterocycles. The summed E-state index contributed by atoms with van der Waals surface area (Å²) < 4.78 is 6.14. The Labute approximate surface area is 128 Å². The molecule has 0 saturated carbocycles. The fraction of sp³-hybridized carbons (Fsp3) is 0.417. The van der Waals surface area contributed by atoms with Crippen LogP contribution in [0.4, 0.5) is 0 Å². The second-order valence-corrected chi connectivity index (χ2v) is 5.94. The molecule has 0 aliphatic carbocycles. The zero-order chi connectivity index (χ0) is 13.1. The van der Waals surface area contributed by atoms with E-state index in [1.807, 2.05) is 4.90 Å². The SMILES string of the molecule is O=C(c1cc(Cl)ccc1Br)N1CCOCC1CBr. The van der Waals surface area contributed by atoms with Crippen molar-refractivity contribution in [1.29, 1.82) is 0 Å². The smallest absolute Gasteiger partial charge is 0.255 e. The van der Waals surface area contributed by atoms with Gasteiger partial charge in [-0.2, -0.15) is 0 Å². The second-order valence-electron chi connectivity index (χ2n) is 4.01. The number of hydrogen-bond acceptors (Lipinski definition) is 2. The first-order valence-electron chi connectivity index (χ1n) is 5.53. The van der Waals surface area contributed by atoms with Crippen LogP contribution in [0, 0.1) is 0 Å². The number of amides is 1. The topological polar surface area (TPSA) is 29.5 Å². The molecule has 3 nitrogen and oxygen atoms in total. The van der Waals surface area contributed by atoms with Crippen LogP contribution in [0.1, 0.15) is 10.4 Å². The molecule has 98 valence electrons.